The molecule has 0 aliphatic carbocycles. The Bertz CT molecular complexity index is 845. The highest BCUT2D eigenvalue weighted by Crippen LogP contribution is 2.24. The second-order valence-corrected chi connectivity index (χ2v) is 7.81. The molecule has 0 bridgehead atoms. The van der Waals surface area contributed by atoms with Crippen molar-refractivity contribution < 1.29 is 14.0 Å². The minimum atomic E-state index is -0.0580. The normalized spacial score (nSPS) is 22.1. The number of furan rings is 1. The maximum Gasteiger partial charge on any atom is 0.289 e. The van der Waals surface area contributed by atoms with Gasteiger partial charge in [-0.05, 0) is 63.3 Å². The van der Waals surface area contributed by atoms with E-state index in [-0.39, 0.29) is 30.3 Å². The fraction of sp³-hybridized carbons (Fsp3) is 0.524. The maximum absolute atomic E-state index is 12.9. The van der Waals surface area contributed by atoms with Gasteiger partial charge in [-0.15, -0.1) is 12.4 Å². The second-order valence-electron chi connectivity index (χ2n) is 7.81. The number of carbonyl (C=O) groups excluding carboxylic acids is 2. The highest BCUT2D eigenvalue weighted by atomic mass is 35.5. The molecule has 3 heterocycles. The average Bonchev–Trinajstić information content (AvgIpc) is 3.35. The van der Waals surface area contributed by atoms with Crippen molar-refractivity contribution in [3.8, 4) is 0 Å². The minimum Gasteiger partial charge on any atom is -0.451 e. The molecule has 2 amide bonds. The van der Waals surface area contributed by atoms with E-state index in [0.29, 0.717) is 24.8 Å². The van der Waals surface area contributed by atoms with E-state index in [2.05, 4.69) is 10.6 Å². The summed E-state index contributed by atoms with van der Waals surface area (Å²) in [6.45, 7) is 4.97. The Hall–Kier alpha value is -2.05. The molecule has 2 fully saturated rings. The van der Waals surface area contributed by atoms with Crippen LogP contribution < -0.4 is 10.6 Å². The van der Waals surface area contributed by atoms with Crippen molar-refractivity contribution in [2.75, 3.05) is 26.2 Å². The van der Waals surface area contributed by atoms with Gasteiger partial charge in [-0.2, -0.15) is 0 Å². The van der Waals surface area contributed by atoms with E-state index >= 15 is 0 Å². The van der Waals surface area contributed by atoms with Crippen molar-refractivity contribution in [2.24, 2.45) is 5.92 Å². The molecule has 152 valence electrons. The smallest absolute Gasteiger partial charge is 0.289 e. The largest absolute Gasteiger partial charge is 0.451 e. The number of nitrogens with zero attached hydrogens (tertiary/aromatic N) is 1. The van der Waals surface area contributed by atoms with Crippen LogP contribution in [0.4, 0.5) is 0 Å². The summed E-state index contributed by atoms with van der Waals surface area (Å²) in [7, 11) is 0. The summed E-state index contributed by atoms with van der Waals surface area (Å²) >= 11 is 0. The van der Waals surface area contributed by atoms with Gasteiger partial charge in [0.2, 0.25) is 5.91 Å². The fourth-order valence-corrected chi connectivity index (χ4v) is 4.12. The number of amides is 2. The van der Waals surface area contributed by atoms with E-state index in [1.54, 1.807) is 0 Å². The number of likely N-dealkylation sites (tertiary alicyclic amines) is 1. The van der Waals surface area contributed by atoms with E-state index in [1.807, 2.05) is 36.1 Å². The summed E-state index contributed by atoms with van der Waals surface area (Å²) in [5.74, 6) is 0.719. The molecular formula is C21H28ClN3O3. The highest BCUT2D eigenvalue weighted by Gasteiger charge is 2.28. The molecule has 0 spiro atoms. The second kappa shape index (κ2) is 8.97. The molecule has 2 N–H and O–H groups in total. The number of halogens is 1. The zero-order chi connectivity index (χ0) is 18.8. The summed E-state index contributed by atoms with van der Waals surface area (Å²) in [4.78, 5) is 26.9. The molecular weight excluding hydrogens is 378 g/mol. The lowest BCUT2D eigenvalue weighted by Gasteiger charge is -2.32. The van der Waals surface area contributed by atoms with Crippen molar-refractivity contribution in [1.82, 2.24) is 15.5 Å². The first kappa shape index (κ1) is 20.7. The quantitative estimate of drug-likeness (QED) is 0.820. The molecule has 2 aliphatic heterocycles. The van der Waals surface area contributed by atoms with Crippen LogP contribution in [-0.2, 0) is 4.79 Å². The van der Waals surface area contributed by atoms with Crippen LogP contribution >= 0.6 is 12.4 Å². The first-order valence-electron chi connectivity index (χ1n) is 9.91. The Kier molecular flexibility index (Phi) is 6.62. The molecule has 1 aromatic carbocycles. The summed E-state index contributed by atoms with van der Waals surface area (Å²) in [5, 5.41) is 7.24. The summed E-state index contributed by atoms with van der Waals surface area (Å²) < 4.78 is 5.77. The van der Waals surface area contributed by atoms with Crippen LogP contribution in [0, 0.1) is 12.8 Å². The topological polar surface area (TPSA) is 74.6 Å². The van der Waals surface area contributed by atoms with E-state index in [4.69, 9.17) is 4.42 Å². The van der Waals surface area contributed by atoms with Crippen molar-refractivity contribution in [1.29, 1.82) is 0 Å². The molecule has 2 unspecified atom stereocenters. The summed E-state index contributed by atoms with van der Waals surface area (Å²) in [5.41, 5.74) is 1.89. The molecule has 2 aromatic rings. The van der Waals surface area contributed by atoms with Gasteiger partial charge in [0.05, 0.1) is 6.04 Å². The Balaban J connectivity index is 0.00000225. The van der Waals surface area contributed by atoms with Crippen LogP contribution in [0.1, 0.15) is 41.8 Å². The molecule has 6 nitrogen and oxygen atoms in total. The van der Waals surface area contributed by atoms with Gasteiger partial charge in [0.15, 0.2) is 5.76 Å². The average molecular weight is 406 g/mol. The Morgan fingerprint density at radius 3 is 2.89 bits per heavy atom. The van der Waals surface area contributed by atoms with E-state index in [0.717, 1.165) is 55.3 Å². The van der Waals surface area contributed by atoms with Crippen molar-refractivity contribution >= 4 is 35.2 Å². The Labute approximate surface area is 171 Å². The Morgan fingerprint density at radius 2 is 2.11 bits per heavy atom. The fourth-order valence-electron chi connectivity index (χ4n) is 4.12. The van der Waals surface area contributed by atoms with Gasteiger partial charge in [0.25, 0.3) is 5.91 Å². The van der Waals surface area contributed by atoms with Gasteiger partial charge in [-0.3, -0.25) is 9.59 Å². The van der Waals surface area contributed by atoms with Crippen LogP contribution in [0.3, 0.4) is 0 Å². The van der Waals surface area contributed by atoms with Crippen LogP contribution in [-0.4, -0.2) is 48.9 Å². The number of benzene rings is 1. The lowest BCUT2D eigenvalue weighted by molar-refractivity contribution is -0.123. The number of fused-ring (bicyclic) bond motifs is 1. The summed E-state index contributed by atoms with van der Waals surface area (Å²) in [6, 6.07) is 7.71. The van der Waals surface area contributed by atoms with Gasteiger partial charge >= 0.3 is 0 Å². The lowest BCUT2D eigenvalue weighted by atomic mass is 9.97. The first-order chi connectivity index (χ1) is 13.1. The molecule has 2 saturated heterocycles. The number of hydrogen-bond acceptors (Lipinski definition) is 4. The van der Waals surface area contributed by atoms with Crippen LogP contribution in [0.2, 0.25) is 0 Å². The van der Waals surface area contributed by atoms with Gasteiger partial charge in [0, 0.05) is 25.0 Å². The van der Waals surface area contributed by atoms with Gasteiger partial charge in [-0.1, -0.05) is 11.6 Å². The predicted molar refractivity (Wildman–Crippen MR) is 111 cm³/mol. The number of carbonyl (C=O) groups is 2. The molecule has 1 aromatic heterocycles. The third kappa shape index (κ3) is 4.50. The molecule has 0 radical (unpaired) electrons. The van der Waals surface area contributed by atoms with Gasteiger partial charge < -0.3 is 20.0 Å². The number of nitrogens with one attached hydrogen (secondary N) is 2. The minimum absolute atomic E-state index is 0. The Morgan fingerprint density at radius 1 is 1.25 bits per heavy atom. The monoisotopic (exact) mass is 405 g/mol. The maximum atomic E-state index is 12.9. The van der Waals surface area contributed by atoms with Gasteiger partial charge in [0.1, 0.15) is 5.58 Å². The highest BCUT2D eigenvalue weighted by molar-refractivity contribution is 5.96. The molecule has 0 saturated carbocycles. The number of rotatable bonds is 4. The SMILES string of the molecule is Cc1ccc2oc(C(=O)N3CCCC(CNC(=O)C4CCCN4)C3)cc2c1.Cl. The third-order valence-corrected chi connectivity index (χ3v) is 5.63. The molecule has 28 heavy (non-hydrogen) atoms. The zero-order valence-electron chi connectivity index (χ0n) is 16.2. The number of piperidine rings is 1. The van der Waals surface area contributed by atoms with E-state index in [9.17, 15) is 9.59 Å². The molecule has 2 aliphatic rings. The third-order valence-electron chi connectivity index (χ3n) is 5.63. The lowest BCUT2D eigenvalue weighted by Crippen LogP contribution is -2.46. The number of aryl methyl sites for hydroxylation is 1. The standard InChI is InChI=1S/C21H27N3O3.ClH/c1-14-6-7-18-16(10-14)11-19(27-18)21(26)24-9-3-4-15(13-24)12-23-20(25)17-5-2-8-22-17;/h6-7,10-11,15,17,22H,2-5,8-9,12-13H2,1H3,(H,23,25);1H. The molecule has 7 heteroatoms. The van der Waals surface area contributed by atoms with Crippen molar-refractivity contribution in [2.45, 2.75) is 38.6 Å². The molecule has 2 atom stereocenters. The van der Waals surface area contributed by atoms with Crippen LogP contribution in [0.15, 0.2) is 28.7 Å². The van der Waals surface area contributed by atoms with Crippen molar-refractivity contribution in [3.63, 3.8) is 0 Å². The number of hydrogen-bond donors (Lipinski definition) is 2. The predicted octanol–water partition coefficient (Wildman–Crippen LogP) is 2.88. The van der Waals surface area contributed by atoms with E-state index < -0.39 is 0 Å². The first-order valence-corrected chi connectivity index (χ1v) is 9.91. The van der Waals surface area contributed by atoms with Crippen LogP contribution in [0.25, 0.3) is 11.0 Å². The zero-order valence-corrected chi connectivity index (χ0v) is 17.0. The van der Waals surface area contributed by atoms with Gasteiger partial charge in [-0.25, -0.2) is 0 Å². The van der Waals surface area contributed by atoms with Crippen molar-refractivity contribution in [3.05, 3.63) is 35.6 Å². The molecule has 4 rings (SSSR count). The van der Waals surface area contributed by atoms with E-state index in [1.165, 1.54) is 0 Å². The summed E-state index contributed by atoms with van der Waals surface area (Å²) in [6.07, 6.45) is 3.95. The van der Waals surface area contributed by atoms with Crippen LogP contribution in [0.5, 0.6) is 0 Å².